The molecular formula is C12H16O4. The molecule has 88 valence electrons. The van der Waals surface area contributed by atoms with E-state index in [1.807, 2.05) is 24.3 Å². The molecule has 1 fully saturated rings. The lowest BCUT2D eigenvalue weighted by Crippen LogP contribution is -2.49. The van der Waals surface area contributed by atoms with Crippen LogP contribution in [0.2, 0.25) is 0 Å². The molecule has 0 saturated carbocycles. The molecule has 0 amide bonds. The largest absolute Gasteiger partial charge is 0.252 e. The second kappa shape index (κ2) is 3.96. The number of hydrogen-bond donors (Lipinski definition) is 0. The Morgan fingerprint density at radius 1 is 0.688 bits per heavy atom. The fourth-order valence-corrected chi connectivity index (χ4v) is 2.21. The van der Waals surface area contributed by atoms with Crippen molar-refractivity contribution in [3.8, 4) is 0 Å². The molecule has 0 aromatic rings. The Morgan fingerprint density at radius 2 is 1.12 bits per heavy atom. The quantitative estimate of drug-likeness (QED) is 0.468. The minimum Gasteiger partial charge on any atom is -0.190 e. The van der Waals surface area contributed by atoms with E-state index in [0.717, 1.165) is 38.5 Å². The van der Waals surface area contributed by atoms with Crippen molar-refractivity contribution >= 4 is 0 Å². The van der Waals surface area contributed by atoms with Crippen LogP contribution < -0.4 is 0 Å². The van der Waals surface area contributed by atoms with Crippen LogP contribution in [0, 0.1) is 0 Å². The van der Waals surface area contributed by atoms with E-state index in [9.17, 15) is 0 Å². The van der Waals surface area contributed by atoms with Gasteiger partial charge in [-0.3, -0.25) is 0 Å². The smallest absolute Gasteiger partial charge is 0.190 e. The molecule has 0 unspecified atom stereocenters. The van der Waals surface area contributed by atoms with Crippen molar-refractivity contribution in [2.45, 2.75) is 50.1 Å². The van der Waals surface area contributed by atoms with Crippen LogP contribution in [0.15, 0.2) is 24.3 Å². The topological polar surface area (TPSA) is 36.9 Å². The number of hydrogen-bond acceptors (Lipinski definition) is 4. The standard InChI is InChI=1S/C12H16O4/c1-3-7-11(8-4-1)13-15-12(16-14-11)9-5-2-6-10-12/h3,5,7,9H,1-2,4,6,8,10H2. The van der Waals surface area contributed by atoms with E-state index in [2.05, 4.69) is 0 Å². The highest BCUT2D eigenvalue weighted by Crippen LogP contribution is 2.39. The maximum atomic E-state index is 5.41. The average molecular weight is 224 g/mol. The van der Waals surface area contributed by atoms with Crippen LogP contribution in [0.5, 0.6) is 0 Å². The van der Waals surface area contributed by atoms with Gasteiger partial charge in [0, 0.05) is 12.8 Å². The first-order chi connectivity index (χ1) is 7.83. The predicted octanol–water partition coefficient (Wildman–Crippen LogP) is 2.77. The molecule has 16 heavy (non-hydrogen) atoms. The van der Waals surface area contributed by atoms with Gasteiger partial charge >= 0.3 is 0 Å². The summed E-state index contributed by atoms with van der Waals surface area (Å²) in [5.41, 5.74) is 0. The molecule has 2 spiro atoms. The minimum absolute atomic E-state index is 0.767. The molecule has 0 radical (unpaired) electrons. The third-order valence-electron chi connectivity index (χ3n) is 3.18. The Balaban J connectivity index is 1.71. The first-order valence-corrected chi connectivity index (χ1v) is 5.92. The van der Waals surface area contributed by atoms with E-state index in [1.54, 1.807) is 0 Å². The normalized spacial score (nSPS) is 43.0. The van der Waals surface area contributed by atoms with Crippen LogP contribution in [-0.4, -0.2) is 11.6 Å². The van der Waals surface area contributed by atoms with E-state index in [4.69, 9.17) is 19.6 Å². The third kappa shape index (κ3) is 1.82. The van der Waals surface area contributed by atoms with Gasteiger partial charge in [-0.15, -0.1) is 0 Å². The molecule has 0 atom stereocenters. The maximum absolute atomic E-state index is 5.41. The van der Waals surface area contributed by atoms with Crippen molar-refractivity contribution in [3.63, 3.8) is 0 Å². The van der Waals surface area contributed by atoms with Crippen molar-refractivity contribution in [2.75, 3.05) is 0 Å². The van der Waals surface area contributed by atoms with Gasteiger partial charge in [0.2, 0.25) is 0 Å². The van der Waals surface area contributed by atoms with Crippen molar-refractivity contribution in [1.29, 1.82) is 0 Å². The van der Waals surface area contributed by atoms with Gasteiger partial charge in [0.1, 0.15) is 0 Å². The van der Waals surface area contributed by atoms with Crippen molar-refractivity contribution < 1.29 is 19.6 Å². The number of rotatable bonds is 0. The zero-order chi connectivity index (χ0) is 10.9. The van der Waals surface area contributed by atoms with Gasteiger partial charge in [0.15, 0.2) is 0 Å². The van der Waals surface area contributed by atoms with Gasteiger partial charge in [-0.25, -0.2) is 0 Å². The summed E-state index contributed by atoms with van der Waals surface area (Å²) in [5, 5.41) is 0. The van der Waals surface area contributed by atoms with E-state index < -0.39 is 11.6 Å². The molecule has 2 aliphatic carbocycles. The van der Waals surface area contributed by atoms with Gasteiger partial charge in [0.05, 0.1) is 0 Å². The zero-order valence-electron chi connectivity index (χ0n) is 9.19. The lowest BCUT2D eigenvalue weighted by atomic mass is 10.0. The van der Waals surface area contributed by atoms with Crippen molar-refractivity contribution in [1.82, 2.24) is 0 Å². The van der Waals surface area contributed by atoms with E-state index in [-0.39, 0.29) is 0 Å². The van der Waals surface area contributed by atoms with Gasteiger partial charge in [-0.2, -0.15) is 19.6 Å². The molecule has 0 bridgehead atoms. The van der Waals surface area contributed by atoms with Crippen LogP contribution in [0.4, 0.5) is 0 Å². The molecular weight excluding hydrogens is 208 g/mol. The summed E-state index contributed by atoms with van der Waals surface area (Å²) in [6.45, 7) is 0. The first kappa shape index (κ1) is 10.5. The fourth-order valence-electron chi connectivity index (χ4n) is 2.21. The number of allylic oxidation sites excluding steroid dienone is 2. The highest BCUT2D eigenvalue weighted by Gasteiger charge is 2.47. The molecule has 4 nitrogen and oxygen atoms in total. The summed E-state index contributed by atoms with van der Waals surface area (Å²) < 4.78 is 0. The van der Waals surface area contributed by atoms with Crippen molar-refractivity contribution in [2.24, 2.45) is 0 Å². The molecule has 1 heterocycles. The van der Waals surface area contributed by atoms with Gasteiger partial charge in [0.25, 0.3) is 11.6 Å². The lowest BCUT2D eigenvalue weighted by Gasteiger charge is -2.42. The van der Waals surface area contributed by atoms with E-state index in [0.29, 0.717) is 0 Å². The molecule has 3 rings (SSSR count). The lowest BCUT2D eigenvalue weighted by molar-refractivity contribution is -0.639. The van der Waals surface area contributed by atoms with Crippen LogP contribution in [0.3, 0.4) is 0 Å². The summed E-state index contributed by atoms with van der Waals surface area (Å²) in [7, 11) is 0. The highest BCUT2D eigenvalue weighted by atomic mass is 17.4. The Bertz CT molecular complexity index is 281. The van der Waals surface area contributed by atoms with Crippen LogP contribution in [0.1, 0.15) is 38.5 Å². The fraction of sp³-hybridized carbons (Fsp3) is 0.667. The Kier molecular flexibility index (Phi) is 2.59. The van der Waals surface area contributed by atoms with E-state index >= 15 is 0 Å². The summed E-state index contributed by atoms with van der Waals surface area (Å²) >= 11 is 0. The van der Waals surface area contributed by atoms with Crippen molar-refractivity contribution in [3.05, 3.63) is 24.3 Å². The second-order valence-electron chi connectivity index (χ2n) is 4.55. The van der Waals surface area contributed by atoms with E-state index in [1.165, 1.54) is 0 Å². The predicted molar refractivity (Wildman–Crippen MR) is 55.8 cm³/mol. The SMILES string of the molecule is C1=CC2(CCC1)OOC1(C=CCCC1)OO2. The molecule has 1 saturated heterocycles. The zero-order valence-corrected chi connectivity index (χ0v) is 9.19. The third-order valence-corrected chi connectivity index (χ3v) is 3.18. The Morgan fingerprint density at radius 3 is 1.44 bits per heavy atom. The van der Waals surface area contributed by atoms with Crippen LogP contribution in [-0.2, 0) is 19.6 Å². The summed E-state index contributed by atoms with van der Waals surface area (Å²) in [4.78, 5) is 21.7. The Hall–Kier alpha value is -0.680. The van der Waals surface area contributed by atoms with Gasteiger partial charge < -0.3 is 0 Å². The monoisotopic (exact) mass is 224 g/mol. The highest BCUT2D eigenvalue weighted by molar-refractivity contribution is 5.03. The summed E-state index contributed by atoms with van der Waals surface area (Å²) in [5.74, 6) is -1.65. The second-order valence-corrected chi connectivity index (χ2v) is 4.55. The minimum atomic E-state index is -0.825. The van der Waals surface area contributed by atoms with Crippen LogP contribution in [0.25, 0.3) is 0 Å². The molecule has 0 N–H and O–H groups in total. The molecule has 0 aromatic heterocycles. The molecule has 4 heteroatoms. The summed E-state index contributed by atoms with van der Waals surface area (Å²) in [6.07, 6.45) is 13.5. The van der Waals surface area contributed by atoms with Gasteiger partial charge in [-0.1, -0.05) is 12.2 Å². The average Bonchev–Trinajstić information content (AvgIpc) is 2.36. The Labute approximate surface area is 94.7 Å². The summed E-state index contributed by atoms with van der Waals surface area (Å²) in [6, 6.07) is 0. The van der Waals surface area contributed by atoms with Gasteiger partial charge in [-0.05, 0) is 37.8 Å². The maximum Gasteiger partial charge on any atom is 0.252 e. The molecule has 1 aliphatic heterocycles. The van der Waals surface area contributed by atoms with Crippen LogP contribution >= 0.6 is 0 Å². The first-order valence-electron chi connectivity index (χ1n) is 5.92. The molecule has 3 aliphatic rings. The molecule has 0 aromatic carbocycles.